The van der Waals surface area contributed by atoms with E-state index in [1.807, 2.05) is 38.1 Å². The zero-order valence-corrected chi connectivity index (χ0v) is 14.9. The molecule has 122 valence electrons. The van der Waals surface area contributed by atoms with Crippen molar-refractivity contribution in [1.29, 1.82) is 0 Å². The number of anilines is 5. The molecular formula is C17H17BrN6. The zero-order valence-electron chi connectivity index (χ0n) is 13.3. The van der Waals surface area contributed by atoms with Crippen molar-refractivity contribution in [3.63, 3.8) is 0 Å². The molecule has 4 N–H and O–H groups in total. The lowest BCUT2D eigenvalue weighted by Gasteiger charge is -2.13. The topological polar surface area (TPSA) is 88.8 Å². The Morgan fingerprint density at radius 1 is 0.917 bits per heavy atom. The number of benzene rings is 1. The van der Waals surface area contributed by atoms with Gasteiger partial charge in [0.1, 0.15) is 17.8 Å². The van der Waals surface area contributed by atoms with Crippen LogP contribution in [0.25, 0.3) is 0 Å². The third-order valence-corrected chi connectivity index (χ3v) is 3.81. The molecule has 3 rings (SSSR count). The summed E-state index contributed by atoms with van der Waals surface area (Å²) in [6.07, 6.45) is 3.16. The summed E-state index contributed by atoms with van der Waals surface area (Å²) in [5, 5.41) is 6.35. The first-order valence-corrected chi connectivity index (χ1v) is 8.15. The largest absolute Gasteiger partial charge is 0.393 e. The van der Waals surface area contributed by atoms with Gasteiger partial charge in [0.05, 0.1) is 0 Å². The molecule has 0 fully saturated rings. The van der Waals surface area contributed by atoms with Crippen molar-refractivity contribution in [3.05, 3.63) is 58.5 Å². The van der Waals surface area contributed by atoms with Crippen molar-refractivity contribution in [2.24, 2.45) is 0 Å². The molecule has 0 atom stereocenters. The lowest BCUT2D eigenvalue weighted by Crippen LogP contribution is -2.06. The highest BCUT2D eigenvalue weighted by Gasteiger charge is 2.09. The smallest absolute Gasteiger partial charge is 0.160 e. The molecule has 0 saturated carbocycles. The number of nitrogens with two attached hydrogens (primary N) is 1. The van der Waals surface area contributed by atoms with Crippen LogP contribution in [0.5, 0.6) is 0 Å². The van der Waals surface area contributed by atoms with Gasteiger partial charge in [-0.15, -0.1) is 0 Å². The van der Waals surface area contributed by atoms with Crippen molar-refractivity contribution < 1.29 is 0 Å². The van der Waals surface area contributed by atoms with Crippen LogP contribution in [-0.2, 0) is 0 Å². The Labute approximate surface area is 148 Å². The van der Waals surface area contributed by atoms with Crippen LogP contribution in [-0.4, -0.2) is 15.0 Å². The molecule has 0 bridgehead atoms. The predicted molar refractivity (Wildman–Crippen MR) is 101 cm³/mol. The molecule has 3 aromatic rings. The van der Waals surface area contributed by atoms with Gasteiger partial charge >= 0.3 is 0 Å². The summed E-state index contributed by atoms with van der Waals surface area (Å²) < 4.78 is 0.904. The van der Waals surface area contributed by atoms with E-state index in [0.717, 1.165) is 10.2 Å². The van der Waals surface area contributed by atoms with E-state index < -0.39 is 0 Å². The highest BCUT2D eigenvalue weighted by molar-refractivity contribution is 9.10. The molecule has 0 aliphatic carbocycles. The van der Waals surface area contributed by atoms with Crippen LogP contribution in [0.2, 0.25) is 0 Å². The van der Waals surface area contributed by atoms with Crippen LogP contribution in [0.3, 0.4) is 0 Å². The number of pyridine rings is 1. The van der Waals surface area contributed by atoms with E-state index in [2.05, 4.69) is 47.6 Å². The summed E-state index contributed by atoms with van der Waals surface area (Å²) in [5.74, 6) is 1.71. The maximum atomic E-state index is 6.20. The fourth-order valence-corrected chi connectivity index (χ4v) is 2.58. The predicted octanol–water partition coefficient (Wildman–Crippen LogP) is 4.32. The number of hydrogen-bond donors (Lipinski definition) is 3. The molecule has 1 aromatic carbocycles. The minimum absolute atomic E-state index is 0.432. The maximum Gasteiger partial charge on any atom is 0.160 e. The number of nitrogens with one attached hydrogen (secondary N) is 2. The van der Waals surface area contributed by atoms with Crippen LogP contribution < -0.4 is 16.4 Å². The van der Waals surface area contributed by atoms with Gasteiger partial charge in [0.15, 0.2) is 11.6 Å². The molecule has 2 heterocycles. The average molecular weight is 385 g/mol. The number of halogens is 1. The van der Waals surface area contributed by atoms with Crippen molar-refractivity contribution in [2.45, 2.75) is 13.8 Å². The Balaban J connectivity index is 1.86. The molecular weight excluding hydrogens is 368 g/mol. The lowest BCUT2D eigenvalue weighted by molar-refractivity contribution is 1.16. The van der Waals surface area contributed by atoms with Gasteiger partial charge in [-0.2, -0.15) is 0 Å². The van der Waals surface area contributed by atoms with E-state index in [1.54, 1.807) is 6.20 Å². The van der Waals surface area contributed by atoms with Crippen LogP contribution in [0.15, 0.2) is 47.3 Å². The molecule has 24 heavy (non-hydrogen) atoms. The van der Waals surface area contributed by atoms with Crippen molar-refractivity contribution in [3.8, 4) is 0 Å². The Morgan fingerprint density at radius 3 is 2.21 bits per heavy atom. The number of rotatable bonds is 4. The molecule has 7 heteroatoms. The third-order valence-electron chi connectivity index (χ3n) is 3.34. The Bertz CT molecular complexity index is 843. The number of aromatic nitrogens is 3. The summed E-state index contributed by atoms with van der Waals surface area (Å²) in [6, 6.07) is 9.92. The maximum absolute atomic E-state index is 6.20. The second-order valence-corrected chi connectivity index (χ2v) is 6.39. The SMILES string of the molecule is Cc1cc(C)cc(Nc2ncnc(Nc3ccc(Br)cn3)c2N)c1. The monoisotopic (exact) mass is 384 g/mol. The van der Waals surface area contributed by atoms with Crippen LogP contribution in [0.4, 0.5) is 28.8 Å². The van der Waals surface area contributed by atoms with Gasteiger partial charge in [0.25, 0.3) is 0 Å². The molecule has 0 aliphatic heterocycles. The van der Waals surface area contributed by atoms with E-state index in [4.69, 9.17) is 5.73 Å². The van der Waals surface area contributed by atoms with E-state index in [1.165, 1.54) is 17.5 Å². The van der Waals surface area contributed by atoms with Gasteiger partial charge in [0, 0.05) is 16.4 Å². The fraction of sp³-hybridized carbons (Fsp3) is 0.118. The Morgan fingerprint density at radius 2 is 1.58 bits per heavy atom. The lowest BCUT2D eigenvalue weighted by atomic mass is 10.1. The molecule has 6 nitrogen and oxygen atoms in total. The second-order valence-electron chi connectivity index (χ2n) is 5.47. The molecule has 0 radical (unpaired) electrons. The molecule has 0 amide bonds. The first-order chi connectivity index (χ1) is 11.5. The summed E-state index contributed by atoms with van der Waals surface area (Å²) >= 11 is 3.36. The van der Waals surface area contributed by atoms with Crippen molar-refractivity contribution in [1.82, 2.24) is 15.0 Å². The Kier molecular flexibility index (Phi) is 4.61. The van der Waals surface area contributed by atoms with Gasteiger partial charge < -0.3 is 16.4 Å². The fourth-order valence-electron chi connectivity index (χ4n) is 2.35. The second kappa shape index (κ2) is 6.84. The van der Waals surface area contributed by atoms with Gasteiger partial charge in [0.2, 0.25) is 0 Å². The molecule has 2 aromatic heterocycles. The van der Waals surface area contributed by atoms with E-state index in [9.17, 15) is 0 Å². The van der Waals surface area contributed by atoms with Crippen molar-refractivity contribution >= 4 is 44.8 Å². The summed E-state index contributed by atoms with van der Waals surface area (Å²) in [7, 11) is 0. The highest BCUT2D eigenvalue weighted by atomic mass is 79.9. The van der Waals surface area contributed by atoms with Gasteiger partial charge in [-0.05, 0) is 65.2 Å². The number of hydrogen-bond acceptors (Lipinski definition) is 6. The number of nitrogens with zero attached hydrogens (tertiary/aromatic N) is 3. The number of nitrogen functional groups attached to an aromatic ring is 1. The molecule has 0 aliphatic rings. The van der Waals surface area contributed by atoms with Crippen LogP contribution >= 0.6 is 15.9 Å². The molecule has 0 spiro atoms. The summed E-state index contributed by atoms with van der Waals surface area (Å²) in [5.41, 5.74) is 9.90. The molecule has 0 saturated heterocycles. The van der Waals surface area contributed by atoms with E-state index >= 15 is 0 Å². The zero-order chi connectivity index (χ0) is 17.1. The Hall–Kier alpha value is -2.67. The minimum Gasteiger partial charge on any atom is -0.393 e. The number of aryl methyl sites for hydroxylation is 2. The minimum atomic E-state index is 0.432. The highest BCUT2D eigenvalue weighted by Crippen LogP contribution is 2.28. The van der Waals surface area contributed by atoms with Crippen LogP contribution in [0, 0.1) is 13.8 Å². The quantitative estimate of drug-likeness (QED) is 0.620. The van der Waals surface area contributed by atoms with Gasteiger partial charge in [-0.1, -0.05) is 6.07 Å². The van der Waals surface area contributed by atoms with E-state index in [-0.39, 0.29) is 0 Å². The van der Waals surface area contributed by atoms with E-state index in [0.29, 0.717) is 23.1 Å². The first-order valence-electron chi connectivity index (χ1n) is 7.35. The average Bonchev–Trinajstić information content (AvgIpc) is 2.52. The molecule has 0 unspecified atom stereocenters. The van der Waals surface area contributed by atoms with Gasteiger partial charge in [-0.3, -0.25) is 0 Å². The summed E-state index contributed by atoms with van der Waals surface area (Å²) in [6.45, 7) is 4.10. The van der Waals surface area contributed by atoms with Gasteiger partial charge in [-0.25, -0.2) is 15.0 Å². The first kappa shape index (κ1) is 16.2. The van der Waals surface area contributed by atoms with Crippen molar-refractivity contribution in [2.75, 3.05) is 16.4 Å². The normalized spacial score (nSPS) is 10.5. The summed E-state index contributed by atoms with van der Waals surface area (Å²) in [4.78, 5) is 12.7. The van der Waals surface area contributed by atoms with Crippen LogP contribution in [0.1, 0.15) is 11.1 Å². The third kappa shape index (κ3) is 3.80. The standard InChI is InChI=1S/C17H17BrN6/c1-10-5-11(2)7-13(6-10)23-16-15(19)17(22-9-21-16)24-14-4-3-12(18)8-20-14/h3-9H,19H2,1-2H3,(H2,20,21,22,23,24).